The highest BCUT2D eigenvalue weighted by atomic mass is 32.2. The summed E-state index contributed by atoms with van der Waals surface area (Å²) in [4.78, 5) is 22.1. The van der Waals surface area contributed by atoms with Gasteiger partial charge in [-0.2, -0.15) is 5.10 Å². The summed E-state index contributed by atoms with van der Waals surface area (Å²) in [6.07, 6.45) is 3.24. The molecule has 0 unspecified atom stereocenters. The molecule has 0 radical (unpaired) electrons. The minimum Gasteiger partial charge on any atom is -0.481 e. The minimum absolute atomic E-state index is 0.0534. The number of hydrogen-bond acceptors (Lipinski definition) is 4. The first-order valence-corrected chi connectivity index (χ1v) is 7.09. The van der Waals surface area contributed by atoms with Crippen LogP contribution in [0.5, 0.6) is 0 Å². The molecule has 1 amide bonds. The Hall–Kier alpha value is -1.50. The SMILES string of the molecule is CC(C)(C)n1cc(C(=O)NCCSCC(=O)O)cn1. The molecule has 2 N–H and O–H groups in total. The largest absolute Gasteiger partial charge is 0.481 e. The summed E-state index contributed by atoms with van der Waals surface area (Å²) in [5.74, 6) is -0.405. The molecule has 0 atom stereocenters. The van der Waals surface area contributed by atoms with Gasteiger partial charge in [0.1, 0.15) is 0 Å². The van der Waals surface area contributed by atoms with Crippen LogP contribution < -0.4 is 5.32 Å². The number of carboxylic acids is 1. The predicted octanol–water partition coefficient (Wildman–Crippen LogP) is 1.19. The van der Waals surface area contributed by atoms with E-state index in [1.807, 2.05) is 20.8 Å². The number of hydrogen-bond donors (Lipinski definition) is 2. The molecule has 106 valence electrons. The van der Waals surface area contributed by atoms with Gasteiger partial charge in [0.2, 0.25) is 0 Å². The first-order valence-electron chi connectivity index (χ1n) is 5.93. The number of carboxylic acid groups (broad SMARTS) is 1. The predicted molar refractivity (Wildman–Crippen MR) is 74.5 cm³/mol. The van der Waals surface area contributed by atoms with E-state index in [1.54, 1.807) is 10.9 Å². The Kier molecular flexibility index (Phi) is 5.41. The zero-order chi connectivity index (χ0) is 14.5. The minimum atomic E-state index is -0.845. The number of carbonyl (C=O) groups is 2. The molecule has 0 aliphatic rings. The summed E-state index contributed by atoms with van der Waals surface area (Å²) < 4.78 is 1.74. The van der Waals surface area contributed by atoms with E-state index in [4.69, 9.17) is 5.11 Å². The maximum Gasteiger partial charge on any atom is 0.313 e. The quantitative estimate of drug-likeness (QED) is 0.767. The van der Waals surface area contributed by atoms with Crippen molar-refractivity contribution >= 4 is 23.6 Å². The molecule has 0 saturated carbocycles. The Balaban J connectivity index is 2.38. The second-order valence-corrected chi connectivity index (χ2v) is 6.15. The molecule has 1 rings (SSSR count). The second kappa shape index (κ2) is 6.60. The highest BCUT2D eigenvalue weighted by molar-refractivity contribution is 7.99. The molecule has 7 heteroatoms. The van der Waals surface area contributed by atoms with Crippen LogP contribution in [0.15, 0.2) is 12.4 Å². The number of aliphatic carboxylic acids is 1. The van der Waals surface area contributed by atoms with Gasteiger partial charge in [-0.15, -0.1) is 11.8 Å². The van der Waals surface area contributed by atoms with E-state index in [0.717, 1.165) is 0 Å². The molecule has 19 heavy (non-hydrogen) atoms. The third-order valence-corrected chi connectivity index (χ3v) is 3.23. The van der Waals surface area contributed by atoms with Crippen LogP contribution in [-0.4, -0.2) is 44.8 Å². The summed E-state index contributed by atoms with van der Waals surface area (Å²) in [6, 6.07) is 0. The van der Waals surface area contributed by atoms with Crippen molar-refractivity contribution in [3.05, 3.63) is 18.0 Å². The van der Waals surface area contributed by atoms with Crippen LogP contribution in [0.2, 0.25) is 0 Å². The van der Waals surface area contributed by atoms with E-state index in [9.17, 15) is 9.59 Å². The fourth-order valence-electron chi connectivity index (χ4n) is 1.31. The van der Waals surface area contributed by atoms with Gasteiger partial charge in [-0.25, -0.2) is 0 Å². The van der Waals surface area contributed by atoms with Crippen LogP contribution >= 0.6 is 11.8 Å². The third-order valence-electron chi connectivity index (χ3n) is 2.29. The molecule has 0 aliphatic carbocycles. The zero-order valence-electron chi connectivity index (χ0n) is 11.3. The molecule has 0 fully saturated rings. The van der Waals surface area contributed by atoms with Crippen molar-refractivity contribution in [2.75, 3.05) is 18.1 Å². The van der Waals surface area contributed by atoms with Crippen LogP contribution in [0.25, 0.3) is 0 Å². The van der Waals surface area contributed by atoms with Crippen molar-refractivity contribution in [1.82, 2.24) is 15.1 Å². The summed E-state index contributed by atoms with van der Waals surface area (Å²) in [6.45, 7) is 6.45. The van der Waals surface area contributed by atoms with E-state index in [1.165, 1.54) is 18.0 Å². The molecule has 1 aromatic rings. The fourth-order valence-corrected chi connectivity index (χ4v) is 1.87. The van der Waals surface area contributed by atoms with Gasteiger partial charge in [0, 0.05) is 18.5 Å². The first-order chi connectivity index (χ1) is 8.80. The van der Waals surface area contributed by atoms with E-state index in [-0.39, 0.29) is 17.2 Å². The van der Waals surface area contributed by atoms with Gasteiger partial charge >= 0.3 is 5.97 Å². The third kappa shape index (κ3) is 5.34. The van der Waals surface area contributed by atoms with Gasteiger partial charge in [0.05, 0.1) is 23.1 Å². The molecule has 0 aliphatic heterocycles. The first kappa shape index (κ1) is 15.6. The molecule has 0 bridgehead atoms. The fraction of sp³-hybridized carbons (Fsp3) is 0.583. The van der Waals surface area contributed by atoms with Crippen molar-refractivity contribution in [1.29, 1.82) is 0 Å². The second-order valence-electron chi connectivity index (χ2n) is 5.05. The topological polar surface area (TPSA) is 84.2 Å². The summed E-state index contributed by atoms with van der Waals surface area (Å²) in [5.41, 5.74) is 0.355. The molecule has 6 nitrogen and oxygen atoms in total. The number of nitrogens with zero attached hydrogens (tertiary/aromatic N) is 2. The number of aromatic nitrogens is 2. The maximum absolute atomic E-state index is 11.8. The van der Waals surface area contributed by atoms with Crippen LogP contribution in [0, 0.1) is 0 Å². The molecule has 0 saturated heterocycles. The summed E-state index contributed by atoms with van der Waals surface area (Å²) >= 11 is 1.27. The van der Waals surface area contributed by atoms with Gasteiger partial charge in [-0.1, -0.05) is 0 Å². The molecule has 0 aromatic carbocycles. The van der Waals surface area contributed by atoms with Crippen molar-refractivity contribution in [2.45, 2.75) is 26.3 Å². The summed E-state index contributed by atoms with van der Waals surface area (Å²) in [5, 5.41) is 15.3. The average molecular weight is 285 g/mol. The normalized spacial score (nSPS) is 11.3. The Bertz CT molecular complexity index is 451. The van der Waals surface area contributed by atoms with Gasteiger partial charge < -0.3 is 10.4 Å². The number of nitrogens with one attached hydrogen (secondary N) is 1. The van der Waals surface area contributed by atoms with E-state index in [0.29, 0.717) is 17.9 Å². The Morgan fingerprint density at radius 3 is 2.68 bits per heavy atom. The number of carbonyl (C=O) groups excluding carboxylic acids is 1. The van der Waals surface area contributed by atoms with Gasteiger partial charge in [0.25, 0.3) is 5.91 Å². The average Bonchev–Trinajstić information content (AvgIpc) is 2.76. The number of amides is 1. The molecular weight excluding hydrogens is 266 g/mol. The van der Waals surface area contributed by atoms with Crippen LogP contribution in [0.3, 0.4) is 0 Å². The maximum atomic E-state index is 11.8. The van der Waals surface area contributed by atoms with E-state index in [2.05, 4.69) is 10.4 Å². The summed E-state index contributed by atoms with van der Waals surface area (Å²) in [7, 11) is 0. The lowest BCUT2D eigenvalue weighted by Crippen LogP contribution is -2.26. The van der Waals surface area contributed by atoms with Crippen LogP contribution in [0.1, 0.15) is 31.1 Å². The Labute approximate surface area is 116 Å². The zero-order valence-corrected chi connectivity index (χ0v) is 12.2. The van der Waals surface area contributed by atoms with Crippen LogP contribution in [0.4, 0.5) is 0 Å². The molecule has 1 heterocycles. The van der Waals surface area contributed by atoms with Crippen molar-refractivity contribution < 1.29 is 14.7 Å². The van der Waals surface area contributed by atoms with E-state index < -0.39 is 5.97 Å². The smallest absolute Gasteiger partial charge is 0.313 e. The lowest BCUT2D eigenvalue weighted by atomic mass is 10.1. The molecule has 1 aromatic heterocycles. The lowest BCUT2D eigenvalue weighted by Gasteiger charge is -2.18. The Morgan fingerprint density at radius 1 is 1.47 bits per heavy atom. The number of thioether (sulfide) groups is 1. The highest BCUT2D eigenvalue weighted by Gasteiger charge is 2.16. The molecule has 0 spiro atoms. The Morgan fingerprint density at radius 2 is 2.16 bits per heavy atom. The van der Waals surface area contributed by atoms with Crippen LogP contribution in [-0.2, 0) is 10.3 Å². The van der Waals surface area contributed by atoms with Crippen molar-refractivity contribution in [3.63, 3.8) is 0 Å². The van der Waals surface area contributed by atoms with Gasteiger partial charge in [-0.3, -0.25) is 14.3 Å². The van der Waals surface area contributed by atoms with Crippen molar-refractivity contribution in [2.24, 2.45) is 0 Å². The van der Waals surface area contributed by atoms with Gasteiger partial charge in [-0.05, 0) is 20.8 Å². The lowest BCUT2D eigenvalue weighted by molar-refractivity contribution is -0.133. The number of rotatable bonds is 6. The monoisotopic (exact) mass is 285 g/mol. The van der Waals surface area contributed by atoms with Crippen molar-refractivity contribution in [3.8, 4) is 0 Å². The standard InChI is InChI=1S/C12H19N3O3S/c1-12(2,3)15-7-9(6-14-15)11(18)13-4-5-19-8-10(16)17/h6-7H,4-5,8H2,1-3H3,(H,13,18)(H,16,17). The van der Waals surface area contributed by atoms with Gasteiger partial charge in [0.15, 0.2) is 0 Å². The highest BCUT2D eigenvalue weighted by Crippen LogP contribution is 2.13. The van der Waals surface area contributed by atoms with E-state index >= 15 is 0 Å². The molecular formula is C12H19N3O3S.